The summed E-state index contributed by atoms with van der Waals surface area (Å²) in [5.74, 6) is 0.773. The normalized spacial score (nSPS) is 24.9. The third kappa shape index (κ3) is 3.59. The van der Waals surface area contributed by atoms with Crippen molar-refractivity contribution in [1.29, 1.82) is 0 Å². The number of aliphatic hydroxyl groups excluding tert-OH is 1. The number of carbonyl (C=O) groups excluding carboxylic acids is 1. The number of anilines is 1. The molecule has 2 aliphatic heterocycles. The first kappa shape index (κ1) is 16.1. The van der Waals surface area contributed by atoms with Crippen molar-refractivity contribution in [2.75, 3.05) is 38.7 Å². The van der Waals surface area contributed by atoms with Gasteiger partial charge in [0.05, 0.1) is 13.7 Å². The fraction of sp³-hybridized carbons (Fsp3) is 0.588. The lowest BCUT2D eigenvalue weighted by atomic mass is 9.91. The van der Waals surface area contributed by atoms with Crippen molar-refractivity contribution in [2.45, 2.75) is 31.3 Å². The lowest BCUT2D eigenvalue weighted by Crippen LogP contribution is -2.63. The number of rotatable bonds is 3. The molecule has 2 amide bonds. The van der Waals surface area contributed by atoms with Crippen LogP contribution in [0.1, 0.15) is 19.3 Å². The smallest absolute Gasteiger partial charge is 0.321 e. The Kier molecular flexibility index (Phi) is 5.03. The van der Waals surface area contributed by atoms with Gasteiger partial charge in [0.15, 0.2) is 0 Å². The highest BCUT2D eigenvalue weighted by molar-refractivity contribution is 5.89. The number of ether oxygens (including phenoxy) is 1. The van der Waals surface area contributed by atoms with E-state index in [2.05, 4.69) is 10.2 Å². The second-order valence-electron chi connectivity index (χ2n) is 6.28. The quantitative estimate of drug-likeness (QED) is 0.891. The second kappa shape index (κ2) is 7.19. The average molecular weight is 319 g/mol. The van der Waals surface area contributed by atoms with E-state index in [9.17, 15) is 9.90 Å². The number of methoxy groups -OCH3 is 1. The Hall–Kier alpha value is -1.79. The third-order valence-electron chi connectivity index (χ3n) is 4.85. The molecule has 6 nitrogen and oxygen atoms in total. The molecular weight excluding hydrogens is 294 g/mol. The highest BCUT2D eigenvalue weighted by Gasteiger charge is 2.39. The molecule has 2 N–H and O–H groups in total. The van der Waals surface area contributed by atoms with E-state index in [0.29, 0.717) is 6.04 Å². The molecule has 2 atom stereocenters. The van der Waals surface area contributed by atoms with Crippen LogP contribution in [-0.2, 0) is 0 Å². The van der Waals surface area contributed by atoms with Gasteiger partial charge in [0.2, 0.25) is 0 Å². The van der Waals surface area contributed by atoms with E-state index < -0.39 is 0 Å². The van der Waals surface area contributed by atoms with Crippen molar-refractivity contribution >= 4 is 11.7 Å². The maximum absolute atomic E-state index is 12.5. The van der Waals surface area contributed by atoms with Crippen LogP contribution in [0, 0.1) is 0 Å². The van der Waals surface area contributed by atoms with Crippen LogP contribution >= 0.6 is 0 Å². The summed E-state index contributed by atoms with van der Waals surface area (Å²) in [5, 5.41) is 12.3. The minimum Gasteiger partial charge on any atom is -0.497 e. The van der Waals surface area contributed by atoms with Gasteiger partial charge in [0.1, 0.15) is 5.75 Å². The summed E-state index contributed by atoms with van der Waals surface area (Å²) in [7, 11) is 1.62. The molecule has 0 bridgehead atoms. The van der Waals surface area contributed by atoms with Gasteiger partial charge in [0.25, 0.3) is 0 Å². The van der Waals surface area contributed by atoms with E-state index in [-0.39, 0.29) is 18.7 Å². The topological polar surface area (TPSA) is 65.0 Å². The number of hydrogen-bond donors (Lipinski definition) is 2. The van der Waals surface area contributed by atoms with E-state index in [1.165, 1.54) is 0 Å². The van der Waals surface area contributed by atoms with E-state index in [1.54, 1.807) is 7.11 Å². The van der Waals surface area contributed by atoms with Crippen LogP contribution in [0.5, 0.6) is 5.75 Å². The molecule has 2 aliphatic rings. The van der Waals surface area contributed by atoms with Crippen molar-refractivity contribution in [1.82, 2.24) is 9.80 Å². The minimum absolute atomic E-state index is 0.0514. The second-order valence-corrected chi connectivity index (χ2v) is 6.28. The predicted molar refractivity (Wildman–Crippen MR) is 88.8 cm³/mol. The van der Waals surface area contributed by atoms with Gasteiger partial charge in [-0.15, -0.1) is 0 Å². The summed E-state index contributed by atoms with van der Waals surface area (Å²) < 4.78 is 5.13. The minimum atomic E-state index is -0.0514. The zero-order chi connectivity index (χ0) is 16.2. The van der Waals surface area contributed by atoms with Crippen LogP contribution in [0.4, 0.5) is 10.5 Å². The molecule has 0 spiro atoms. The number of aliphatic hydroxyl groups is 1. The van der Waals surface area contributed by atoms with Gasteiger partial charge in [-0.25, -0.2) is 4.79 Å². The summed E-state index contributed by atoms with van der Waals surface area (Å²) in [6, 6.07) is 7.98. The number of nitrogens with one attached hydrogen (secondary N) is 1. The van der Waals surface area contributed by atoms with Gasteiger partial charge in [-0.2, -0.15) is 0 Å². The fourth-order valence-corrected chi connectivity index (χ4v) is 3.47. The fourth-order valence-electron chi connectivity index (χ4n) is 3.47. The number of hydrogen-bond acceptors (Lipinski definition) is 4. The van der Waals surface area contributed by atoms with Crippen LogP contribution in [0.2, 0.25) is 0 Å². The van der Waals surface area contributed by atoms with Crippen molar-refractivity contribution in [3.8, 4) is 5.75 Å². The number of nitrogens with zero attached hydrogens (tertiary/aromatic N) is 2. The molecule has 126 valence electrons. The van der Waals surface area contributed by atoms with Crippen LogP contribution in [0.15, 0.2) is 24.3 Å². The van der Waals surface area contributed by atoms with Crippen LogP contribution in [0.25, 0.3) is 0 Å². The molecule has 0 aromatic heterocycles. The highest BCUT2D eigenvalue weighted by atomic mass is 16.5. The van der Waals surface area contributed by atoms with Crippen LogP contribution in [-0.4, -0.2) is 66.4 Å². The molecule has 1 aromatic rings. The zero-order valence-electron chi connectivity index (χ0n) is 13.6. The number of urea groups is 1. The Balaban J connectivity index is 1.59. The first-order valence-electron chi connectivity index (χ1n) is 8.28. The predicted octanol–water partition coefficient (Wildman–Crippen LogP) is 1.76. The third-order valence-corrected chi connectivity index (χ3v) is 4.85. The summed E-state index contributed by atoms with van der Waals surface area (Å²) in [5.41, 5.74) is 0.775. The molecule has 1 aromatic carbocycles. The number of fused-ring (bicyclic) bond motifs is 1. The van der Waals surface area contributed by atoms with Gasteiger partial charge >= 0.3 is 6.03 Å². The van der Waals surface area contributed by atoms with E-state index in [0.717, 1.165) is 50.3 Å². The number of amides is 2. The Labute approximate surface area is 137 Å². The molecular formula is C17H25N3O3. The van der Waals surface area contributed by atoms with Crippen molar-refractivity contribution < 1.29 is 14.6 Å². The standard InChI is InChI=1S/C17H25N3O3/c1-23-16-6-4-13(5-7-16)18-17(22)19-8-2-3-9-20-14(11-19)10-15(20)12-21/h4-7,14-15,21H,2-3,8-12H2,1H3,(H,18,22)/t14-,15+/m1/s1. The lowest BCUT2D eigenvalue weighted by Gasteiger charge is -2.50. The summed E-state index contributed by atoms with van der Waals surface area (Å²) in [6.45, 7) is 2.77. The zero-order valence-corrected chi connectivity index (χ0v) is 13.6. The van der Waals surface area contributed by atoms with Crippen LogP contribution < -0.4 is 10.1 Å². The molecule has 3 rings (SSSR count). The van der Waals surface area contributed by atoms with Crippen LogP contribution in [0.3, 0.4) is 0 Å². The maximum Gasteiger partial charge on any atom is 0.321 e. The van der Waals surface area contributed by atoms with E-state index in [4.69, 9.17) is 4.74 Å². The van der Waals surface area contributed by atoms with Crippen molar-refractivity contribution in [3.63, 3.8) is 0 Å². The van der Waals surface area contributed by atoms with Crippen molar-refractivity contribution in [2.24, 2.45) is 0 Å². The van der Waals surface area contributed by atoms with Gasteiger partial charge in [-0.3, -0.25) is 4.90 Å². The molecule has 2 saturated heterocycles. The van der Waals surface area contributed by atoms with Crippen molar-refractivity contribution in [3.05, 3.63) is 24.3 Å². The monoisotopic (exact) mass is 319 g/mol. The molecule has 23 heavy (non-hydrogen) atoms. The van der Waals surface area contributed by atoms with E-state index >= 15 is 0 Å². The lowest BCUT2D eigenvalue weighted by molar-refractivity contribution is -0.0343. The van der Waals surface area contributed by atoms with E-state index in [1.807, 2.05) is 29.2 Å². The SMILES string of the molecule is COc1ccc(NC(=O)N2CCCCN3[C@H](CO)C[C@@H]3C2)cc1. The Morgan fingerprint density at radius 1 is 1.30 bits per heavy atom. The molecule has 0 saturated carbocycles. The largest absolute Gasteiger partial charge is 0.497 e. The first-order chi connectivity index (χ1) is 11.2. The number of carbonyl (C=O) groups is 1. The van der Waals surface area contributed by atoms with Gasteiger partial charge in [0, 0.05) is 30.9 Å². The Bertz CT molecular complexity index is 534. The summed E-state index contributed by atoms with van der Waals surface area (Å²) >= 11 is 0. The molecule has 0 aliphatic carbocycles. The van der Waals surface area contributed by atoms with Gasteiger partial charge < -0.3 is 20.1 Å². The first-order valence-corrected chi connectivity index (χ1v) is 8.28. The van der Waals surface area contributed by atoms with Gasteiger partial charge in [-0.05, 0) is 50.1 Å². The molecule has 0 unspecified atom stereocenters. The number of benzene rings is 1. The Morgan fingerprint density at radius 2 is 2.04 bits per heavy atom. The molecule has 6 heteroatoms. The maximum atomic E-state index is 12.5. The molecule has 2 fully saturated rings. The summed E-state index contributed by atoms with van der Waals surface area (Å²) in [6.07, 6.45) is 3.04. The summed E-state index contributed by atoms with van der Waals surface area (Å²) in [4.78, 5) is 16.8. The Morgan fingerprint density at radius 3 is 2.74 bits per heavy atom. The molecule has 2 heterocycles. The highest BCUT2D eigenvalue weighted by Crippen LogP contribution is 2.28. The molecule has 0 radical (unpaired) electrons. The average Bonchev–Trinajstić information content (AvgIpc) is 2.54. The van der Waals surface area contributed by atoms with Gasteiger partial charge in [-0.1, -0.05) is 0 Å².